The molecule has 0 fully saturated rings. The van der Waals surface area contributed by atoms with Crippen molar-refractivity contribution >= 4 is 0 Å². The molecule has 0 aliphatic heterocycles. The van der Waals surface area contributed by atoms with Crippen molar-refractivity contribution in [2.45, 2.75) is 6.18 Å². The van der Waals surface area contributed by atoms with Crippen LogP contribution < -0.4 is 0 Å². The summed E-state index contributed by atoms with van der Waals surface area (Å²) in [5.74, 6) is -1.75. The summed E-state index contributed by atoms with van der Waals surface area (Å²) in [4.78, 5) is 10.1. The minimum atomic E-state index is -4.57. The van der Waals surface area contributed by atoms with Gasteiger partial charge in [0.1, 0.15) is 5.82 Å². The molecule has 0 spiro atoms. The number of aromatic nitrogens is 3. The molecule has 0 amide bonds. The third-order valence-corrected chi connectivity index (χ3v) is 1.93. The largest absolute Gasteiger partial charge is 0.451 e. The van der Waals surface area contributed by atoms with Gasteiger partial charge in [-0.25, -0.2) is 14.4 Å². The van der Waals surface area contributed by atoms with E-state index in [9.17, 15) is 17.6 Å². The Kier molecular flexibility index (Phi) is 2.74. The molecule has 2 aromatic heterocycles. The van der Waals surface area contributed by atoms with Gasteiger partial charge in [0, 0.05) is 18.0 Å². The van der Waals surface area contributed by atoms with E-state index < -0.39 is 17.8 Å². The van der Waals surface area contributed by atoms with Gasteiger partial charge in [0.25, 0.3) is 0 Å². The zero-order valence-electron chi connectivity index (χ0n) is 8.24. The first kappa shape index (κ1) is 11.4. The second kappa shape index (κ2) is 4.08. The maximum absolute atomic E-state index is 12.6. The van der Waals surface area contributed by atoms with Crippen LogP contribution in [0, 0.1) is 5.82 Å². The van der Waals surface area contributed by atoms with Gasteiger partial charge in [-0.1, -0.05) is 0 Å². The molecule has 0 unspecified atom stereocenters. The van der Waals surface area contributed by atoms with Crippen molar-refractivity contribution < 1.29 is 17.6 Å². The van der Waals surface area contributed by atoms with Crippen molar-refractivity contribution in [2.24, 2.45) is 0 Å². The van der Waals surface area contributed by atoms with Gasteiger partial charge in [-0.05, 0) is 12.1 Å². The number of pyridine rings is 1. The lowest BCUT2D eigenvalue weighted by atomic mass is 10.2. The molecular formula is C10H5F4N3. The van der Waals surface area contributed by atoms with E-state index in [1.807, 2.05) is 0 Å². The van der Waals surface area contributed by atoms with Crippen molar-refractivity contribution in [1.29, 1.82) is 0 Å². The Morgan fingerprint density at radius 2 is 1.53 bits per heavy atom. The molecule has 0 bridgehead atoms. The van der Waals surface area contributed by atoms with Gasteiger partial charge < -0.3 is 0 Å². The van der Waals surface area contributed by atoms with Crippen LogP contribution in [0.4, 0.5) is 17.6 Å². The molecular weight excluding hydrogens is 238 g/mol. The Labute approximate surface area is 93.2 Å². The highest BCUT2D eigenvalue weighted by molar-refractivity contribution is 5.56. The summed E-state index contributed by atoms with van der Waals surface area (Å²) in [6.07, 6.45) is -1.62. The SMILES string of the molecule is Fc1ccc(-c2cnc(C(F)(F)F)nc2)nc1. The molecule has 0 aliphatic rings. The van der Waals surface area contributed by atoms with E-state index >= 15 is 0 Å². The molecule has 2 heterocycles. The van der Waals surface area contributed by atoms with Gasteiger partial charge in [-0.3, -0.25) is 4.98 Å². The molecule has 0 atom stereocenters. The van der Waals surface area contributed by atoms with Crippen LogP contribution in [0.5, 0.6) is 0 Å². The van der Waals surface area contributed by atoms with E-state index in [1.54, 1.807) is 0 Å². The maximum Gasteiger partial charge on any atom is 0.451 e. The van der Waals surface area contributed by atoms with Gasteiger partial charge >= 0.3 is 6.18 Å². The number of halogens is 4. The predicted octanol–water partition coefficient (Wildman–Crippen LogP) is 2.70. The number of rotatable bonds is 1. The van der Waals surface area contributed by atoms with E-state index in [2.05, 4.69) is 15.0 Å². The van der Waals surface area contributed by atoms with Crippen molar-refractivity contribution in [1.82, 2.24) is 15.0 Å². The molecule has 3 nitrogen and oxygen atoms in total. The highest BCUT2D eigenvalue weighted by Gasteiger charge is 2.34. The lowest BCUT2D eigenvalue weighted by Gasteiger charge is -2.04. The van der Waals surface area contributed by atoms with Gasteiger partial charge in [0.05, 0.1) is 11.9 Å². The molecule has 0 aliphatic carbocycles. The van der Waals surface area contributed by atoms with Crippen molar-refractivity contribution in [3.63, 3.8) is 0 Å². The average Bonchev–Trinajstić information content (AvgIpc) is 2.29. The smallest absolute Gasteiger partial charge is 0.253 e. The average molecular weight is 243 g/mol. The molecule has 2 rings (SSSR count). The Bertz CT molecular complexity index is 505. The monoisotopic (exact) mass is 243 g/mol. The molecule has 88 valence electrons. The predicted molar refractivity (Wildman–Crippen MR) is 50.2 cm³/mol. The molecule has 2 aromatic rings. The quantitative estimate of drug-likeness (QED) is 0.723. The second-order valence-corrected chi connectivity index (χ2v) is 3.15. The fourth-order valence-electron chi connectivity index (χ4n) is 1.15. The number of alkyl halides is 3. The third kappa shape index (κ3) is 2.55. The first-order valence-electron chi connectivity index (χ1n) is 4.48. The highest BCUT2D eigenvalue weighted by Crippen LogP contribution is 2.26. The fourth-order valence-corrected chi connectivity index (χ4v) is 1.15. The van der Waals surface area contributed by atoms with Crippen LogP contribution in [0.1, 0.15) is 5.82 Å². The lowest BCUT2D eigenvalue weighted by molar-refractivity contribution is -0.144. The number of hydrogen-bond donors (Lipinski definition) is 0. The summed E-state index contributed by atoms with van der Waals surface area (Å²) in [6, 6.07) is 2.49. The summed E-state index contributed by atoms with van der Waals surface area (Å²) in [7, 11) is 0. The second-order valence-electron chi connectivity index (χ2n) is 3.15. The molecule has 0 radical (unpaired) electrons. The zero-order chi connectivity index (χ0) is 12.5. The van der Waals surface area contributed by atoms with Crippen LogP contribution >= 0.6 is 0 Å². The standard InChI is InChI=1S/C10H5F4N3/c11-7-1-2-8(15-5-7)6-3-16-9(17-4-6)10(12,13)14/h1-5H. The van der Waals surface area contributed by atoms with Crippen LogP contribution in [-0.2, 0) is 6.18 Å². The Hall–Kier alpha value is -2.05. The van der Waals surface area contributed by atoms with Crippen molar-refractivity contribution in [2.75, 3.05) is 0 Å². The van der Waals surface area contributed by atoms with Gasteiger partial charge in [-0.15, -0.1) is 0 Å². The van der Waals surface area contributed by atoms with Crippen molar-refractivity contribution in [3.05, 3.63) is 42.4 Å². The lowest BCUT2D eigenvalue weighted by Crippen LogP contribution is -2.10. The van der Waals surface area contributed by atoms with Crippen LogP contribution in [0.3, 0.4) is 0 Å². The third-order valence-electron chi connectivity index (χ3n) is 1.93. The Balaban J connectivity index is 2.33. The van der Waals surface area contributed by atoms with E-state index in [0.717, 1.165) is 24.7 Å². The minimum Gasteiger partial charge on any atom is -0.253 e. The van der Waals surface area contributed by atoms with Crippen LogP contribution in [0.2, 0.25) is 0 Å². The summed E-state index contributed by atoms with van der Waals surface area (Å²) < 4.78 is 49.1. The minimum absolute atomic E-state index is 0.290. The maximum atomic E-state index is 12.6. The molecule has 17 heavy (non-hydrogen) atoms. The normalized spacial score (nSPS) is 11.5. The van der Waals surface area contributed by atoms with Gasteiger partial charge in [0.15, 0.2) is 0 Å². The summed E-state index contributed by atoms with van der Waals surface area (Å²) in [6.45, 7) is 0. The Morgan fingerprint density at radius 3 is 2.00 bits per heavy atom. The summed E-state index contributed by atoms with van der Waals surface area (Å²) in [5.41, 5.74) is 0.595. The topological polar surface area (TPSA) is 38.7 Å². The van der Waals surface area contributed by atoms with E-state index in [0.29, 0.717) is 5.69 Å². The molecule has 0 saturated carbocycles. The van der Waals surface area contributed by atoms with Crippen molar-refractivity contribution in [3.8, 4) is 11.3 Å². The van der Waals surface area contributed by atoms with E-state index in [-0.39, 0.29) is 5.56 Å². The first-order valence-corrected chi connectivity index (χ1v) is 4.48. The Morgan fingerprint density at radius 1 is 0.882 bits per heavy atom. The highest BCUT2D eigenvalue weighted by atomic mass is 19.4. The molecule has 0 N–H and O–H groups in total. The van der Waals surface area contributed by atoms with Gasteiger partial charge in [0.2, 0.25) is 5.82 Å². The first-order chi connectivity index (χ1) is 7.97. The van der Waals surface area contributed by atoms with Crippen LogP contribution in [0.25, 0.3) is 11.3 Å². The van der Waals surface area contributed by atoms with Gasteiger partial charge in [-0.2, -0.15) is 13.2 Å². The fraction of sp³-hybridized carbons (Fsp3) is 0.100. The van der Waals surface area contributed by atoms with Crippen LogP contribution in [-0.4, -0.2) is 15.0 Å². The summed E-state index contributed by atoms with van der Waals surface area (Å²) in [5, 5.41) is 0. The molecule has 7 heteroatoms. The van der Waals surface area contributed by atoms with Crippen LogP contribution in [0.15, 0.2) is 30.7 Å². The van der Waals surface area contributed by atoms with E-state index in [1.165, 1.54) is 6.07 Å². The number of hydrogen-bond acceptors (Lipinski definition) is 3. The van der Waals surface area contributed by atoms with E-state index in [4.69, 9.17) is 0 Å². The molecule has 0 saturated heterocycles. The number of nitrogens with zero attached hydrogens (tertiary/aromatic N) is 3. The summed E-state index contributed by atoms with van der Waals surface area (Å²) >= 11 is 0. The zero-order valence-corrected chi connectivity index (χ0v) is 8.24. The molecule has 0 aromatic carbocycles.